The molecular weight excluding hydrogens is 319 g/mol. The molecule has 1 aromatic carbocycles. The number of hydrogen-bond donors (Lipinski definition) is 2. The summed E-state index contributed by atoms with van der Waals surface area (Å²) in [5.41, 5.74) is 0.641. The van der Waals surface area contributed by atoms with E-state index in [2.05, 4.69) is 10.6 Å². The van der Waals surface area contributed by atoms with Crippen LogP contribution in [0.2, 0.25) is 10.0 Å². The highest BCUT2D eigenvalue weighted by molar-refractivity contribution is 6.42. The van der Waals surface area contributed by atoms with Gasteiger partial charge < -0.3 is 10.6 Å². The van der Waals surface area contributed by atoms with E-state index < -0.39 is 0 Å². The molecule has 1 saturated heterocycles. The quantitative estimate of drug-likeness (QED) is 0.885. The van der Waals surface area contributed by atoms with Crippen LogP contribution in [0.25, 0.3) is 0 Å². The molecule has 20 heavy (non-hydrogen) atoms. The molecule has 1 aliphatic heterocycles. The first-order valence-corrected chi connectivity index (χ1v) is 7.14. The summed E-state index contributed by atoms with van der Waals surface area (Å²) in [5.74, 6) is 0.0797. The number of rotatable bonds is 3. The average molecular weight is 338 g/mol. The maximum absolute atomic E-state index is 12.3. The standard InChI is InChI=1S/C14H18Cl2N2O.ClH/c1-9(10-3-4-11(15)12(16)7-10)18-13(19)14(2)5-6-17-8-14;/h3-4,7,9,17H,5-6,8H2,1-2H3,(H,18,19);1H. The summed E-state index contributed by atoms with van der Waals surface area (Å²) in [5, 5.41) is 7.30. The fraction of sp³-hybridized carbons (Fsp3) is 0.500. The number of carbonyl (C=O) groups is 1. The Balaban J connectivity index is 0.00000200. The molecule has 0 bridgehead atoms. The summed E-state index contributed by atoms with van der Waals surface area (Å²) in [6.45, 7) is 5.56. The summed E-state index contributed by atoms with van der Waals surface area (Å²) < 4.78 is 0. The lowest BCUT2D eigenvalue weighted by molar-refractivity contribution is -0.129. The highest BCUT2D eigenvalue weighted by atomic mass is 35.5. The monoisotopic (exact) mass is 336 g/mol. The first kappa shape index (κ1) is 17.6. The summed E-state index contributed by atoms with van der Waals surface area (Å²) in [6.07, 6.45) is 0.868. The third-order valence-corrected chi connectivity index (χ3v) is 4.45. The van der Waals surface area contributed by atoms with Crippen LogP contribution in [-0.4, -0.2) is 19.0 Å². The third-order valence-electron chi connectivity index (χ3n) is 3.71. The first-order chi connectivity index (χ1) is 8.92. The minimum absolute atomic E-state index is 0. The summed E-state index contributed by atoms with van der Waals surface area (Å²) in [6, 6.07) is 5.35. The van der Waals surface area contributed by atoms with Crippen molar-refractivity contribution in [3.05, 3.63) is 33.8 Å². The Hall–Kier alpha value is -0.480. The van der Waals surface area contributed by atoms with Crippen LogP contribution in [0, 0.1) is 5.41 Å². The zero-order valence-corrected chi connectivity index (χ0v) is 13.8. The van der Waals surface area contributed by atoms with Crippen molar-refractivity contribution in [2.24, 2.45) is 5.41 Å². The third kappa shape index (κ3) is 3.79. The highest BCUT2D eigenvalue weighted by Crippen LogP contribution is 2.28. The second kappa shape index (κ2) is 6.99. The van der Waals surface area contributed by atoms with E-state index in [1.807, 2.05) is 19.9 Å². The molecule has 3 nitrogen and oxygen atoms in total. The van der Waals surface area contributed by atoms with Crippen molar-refractivity contribution < 1.29 is 4.79 Å². The van der Waals surface area contributed by atoms with E-state index in [-0.39, 0.29) is 29.8 Å². The predicted molar refractivity (Wildman–Crippen MR) is 85.9 cm³/mol. The first-order valence-electron chi connectivity index (χ1n) is 6.39. The van der Waals surface area contributed by atoms with Crippen LogP contribution in [0.1, 0.15) is 31.9 Å². The van der Waals surface area contributed by atoms with Crippen LogP contribution in [0.3, 0.4) is 0 Å². The smallest absolute Gasteiger partial charge is 0.227 e. The Morgan fingerprint density at radius 3 is 2.65 bits per heavy atom. The second-order valence-corrected chi connectivity index (χ2v) is 6.17. The number of benzene rings is 1. The van der Waals surface area contributed by atoms with Crippen LogP contribution in [0.5, 0.6) is 0 Å². The average Bonchev–Trinajstić information content (AvgIpc) is 2.81. The van der Waals surface area contributed by atoms with Crippen LogP contribution < -0.4 is 10.6 Å². The van der Waals surface area contributed by atoms with Gasteiger partial charge in [0.1, 0.15) is 0 Å². The molecule has 1 fully saturated rings. The molecule has 2 N–H and O–H groups in total. The zero-order valence-electron chi connectivity index (χ0n) is 11.5. The van der Waals surface area contributed by atoms with Gasteiger partial charge >= 0.3 is 0 Å². The minimum atomic E-state index is -0.315. The van der Waals surface area contributed by atoms with Gasteiger partial charge in [-0.1, -0.05) is 29.3 Å². The topological polar surface area (TPSA) is 41.1 Å². The lowest BCUT2D eigenvalue weighted by Gasteiger charge is -2.24. The summed E-state index contributed by atoms with van der Waals surface area (Å²) in [7, 11) is 0. The van der Waals surface area contributed by atoms with Gasteiger partial charge in [0.25, 0.3) is 0 Å². The predicted octanol–water partition coefficient (Wildman–Crippen LogP) is 3.59. The maximum Gasteiger partial charge on any atom is 0.227 e. The molecule has 1 amide bonds. The van der Waals surface area contributed by atoms with Gasteiger partial charge in [-0.25, -0.2) is 0 Å². The molecule has 2 atom stereocenters. The molecule has 1 heterocycles. The molecule has 1 aliphatic rings. The molecule has 112 valence electrons. The summed E-state index contributed by atoms with van der Waals surface area (Å²) >= 11 is 11.9. The van der Waals surface area contributed by atoms with Crippen molar-refractivity contribution in [3.8, 4) is 0 Å². The van der Waals surface area contributed by atoms with Crippen LogP contribution in [-0.2, 0) is 4.79 Å². The van der Waals surface area contributed by atoms with Gasteiger partial charge in [0.15, 0.2) is 0 Å². The van der Waals surface area contributed by atoms with E-state index in [0.717, 1.165) is 25.1 Å². The van der Waals surface area contributed by atoms with E-state index >= 15 is 0 Å². The molecule has 6 heteroatoms. The van der Waals surface area contributed by atoms with E-state index in [1.54, 1.807) is 12.1 Å². The zero-order chi connectivity index (χ0) is 14.0. The number of nitrogens with one attached hydrogen (secondary N) is 2. The Morgan fingerprint density at radius 2 is 2.10 bits per heavy atom. The van der Waals surface area contributed by atoms with E-state index in [1.165, 1.54) is 0 Å². The van der Waals surface area contributed by atoms with Crippen molar-refractivity contribution in [3.63, 3.8) is 0 Å². The van der Waals surface area contributed by atoms with E-state index in [4.69, 9.17) is 23.2 Å². The number of hydrogen-bond acceptors (Lipinski definition) is 2. The number of halogens is 3. The molecule has 0 radical (unpaired) electrons. The van der Waals surface area contributed by atoms with Gasteiger partial charge in [0.2, 0.25) is 5.91 Å². The van der Waals surface area contributed by atoms with E-state index in [0.29, 0.717) is 10.0 Å². The molecular formula is C14H19Cl3N2O. The van der Waals surface area contributed by atoms with Crippen LogP contribution in [0.15, 0.2) is 18.2 Å². The van der Waals surface area contributed by atoms with Crippen molar-refractivity contribution in [1.82, 2.24) is 10.6 Å². The Morgan fingerprint density at radius 1 is 1.40 bits per heavy atom. The highest BCUT2D eigenvalue weighted by Gasteiger charge is 2.36. The van der Waals surface area contributed by atoms with Crippen LogP contribution >= 0.6 is 35.6 Å². The molecule has 2 unspecified atom stereocenters. The fourth-order valence-corrected chi connectivity index (χ4v) is 2.55. The molecule has 0 aliphatic carbocycles. The molecule has 0 spiro atoms. The molecule has 1 aromatic rings. The second-order valence-electron chi connectivity index (χ2n) is 5.36. The largest absolute Gasteiger partial charge is 0.349 e. The van der Waals surface area contributed by atoms with Crippen molar-refractivity contribution >= 4 is 41.5 Å². The van der Waals surface area contributed by atoms with Crippen molar-refractivity contribution in [2.45, 2.75) is 26.3 Å². The van der Waals surface area contributed by atoms with E-state index in [9.17, 15) is 4.79 Å². The normalized spacial score (nSPS) is 23.0. The van der Waals surface area contributed by atoms with Gasteiger partial charge in [-0.15, -0.1) is 12.4 Å². The minimum Gasteiger partial charge on any atom is -0.349 e. The number of amides is 1. The van der Waals surface area contributed by atoms with Gasteiger partial charge in [-0.05, 0) is 44.5 Å². The van der Waals surface area contributed by atoms with Crippen molar-refractivity contribution in [2.75, 3.05) is 13.1 Å². The van der Waals surface area contributed by atoms with Gasteiger partial charge in [-0.3, -0.25) is 4.79 Å². The SMILES string of the molecule is CC(NC(=O)C1(C)CCNC1)c1ccc(Cl)c(Cl)c1.Cl. The fourth-order valence-electron chi connectivity index (χ4n) is 2.25. The van der Waals surface area contributed by atoms with Gasteiger partial charge in [0, 0.05) is 6.54 Å². The molecule has 2 rings (SSSR count). The maximum atomic E-state index is 12.3. The number of carbonyl (C=O) groups excluding carboxylic acids is 1. The Bertz CT molecular complexity index is 487. The molecule has 0 saturated carbocycles. The Labute approximate surface area is 135 Å². The lowest BCUT2D eigenvalue weighted by Crippen LogP contribution is -2.41. The van der Waals surface area contributed by atoms with Crippen molar-refractivity contribution in [1.29, 1.82) is 0 Å². The van der Waals surface area contributed by atoms with Gasteiger partial charge in [0.05, 0.1) is 21.5 Å². The van der Waals surface area contributed by atoms with Gasteiger partial charge in [-0.2, -0.15) is 0 Å². The Kier molecular flexibility index (Phi) is 6.14. The summed E-state index contributed by atoms with van der Waals surface area (Å²) in [4.78, 5) is 12.3. The van der Waals surface area contributed by atoms with Crippen LogP contribution in [0.4, 0.5) is 0 Å². The lowest BCUT2D eigenvalue weighted by atomic mass is 9.88. The molecule has 0 aromatic heterocycles.